The van der Waals surface area contributed by atoms with Gasteiger partial charge >= 0.3 is 0 Å². The summed E-state index contributed by atoms with van der Waals surface area (Å²) in [6.45, 7) is 12.7. The fraction of sp³-hybridized carbons (Fsp3) is 0.375. The van der Waals surface area contributed by atoms with Gasteiger partial charge in [-0.3, -0.25) is 0 Å². The average Bonchev–Trinajstić information content (AvgIpc) is 3.06. The quantitative estimate of drug-likeness (QED) is 0.498. The Balaban J connectivity index is 1.91. The number of hydrogen-bond donors (Lipinski definition) is 1. The summed E-state index contributed by atoms with van der Waals surface area (Å²) in [7, 11) is 0. The van der Waals surface area contributed by atoms with Crippen molar-refractivity contribution in [2.45, 2.75) is 60.2 Å². The van der Waals surface area contributed by atoms with E-state index in [1.54, 1.807) is 0 Å². The van der Waals surface area contributed by atoms with E-state index in [-0.39, 0.29) is 0 Å². The number of para-hydroxylation sites is 1. The second-order valence-corrected chi connectivity index (χ2v) is 7.91. The maximum atomic E-state index is 5.87. The lowest BCUT2D eigenvalue weighted by Gasteiger charge is -2.31. The monoisotopic (exact) mass is 393 g/mol. The van der Waals surface area contributed by atoms with Crippen LogP contribution in [0.15, 0.2) is 48.7 Å². The van der Waals surface area contributed by atoms with Crippen LogP contribution in [0.4, 0.5) is 5.69 Å². The molecule has 2 aromatic carbocycles. The van der Waals surface area contributed by atoms with Crippen molar-refractivity contribution in [3.63, 3.8) is 0 Å². The summed E-state index contributed by atoms with van der Waals surface area (Å²) >= 11 is 5.87. The summed E-state index contributed by atoms with van der Waals surface area (Å²) in [6, 6.07) is 15.3. The predicted octanol–water partition coefficient (Wildman–Crippen LogP) is 6.28. The van der Waals surface area contributed by atoms with Crippen molar-refractivity contribution in [2.75, 3.05) is 5.32 Å². The van der Waals surface area contributed by atoms with E-state index in [2.05, 4.69) is 98.1 Å². The molecule has 0 spiro atoms. The fourth-order valence-corrected chi connectivity index (χ4v) is 3.97. The number of hydrogen-bond acceptors (Lipinski definition) is 1. The zero-order chi connectivity index (χ0) is 20.3. The molecule has 3 rings (SSSR count). The van der Waals surface area contributed by atoms with Crippen LogP contribution >= 0.6 is 12.2 Å². The van der Waals surface area contributed by atoms with Gasteiger partial charge in [0, 0.05) is 41.9 Å². The van der Waals surface area contributed by atoms with Crippen molar-refractivity contribution in [1.82, 2.24) is 9.47 Å². The van der Waals surface area contributed by atoms with Gasteiger partial charge in [-0.25, -0.2) is 0 Å². The van der Waals surface area contributed by atoms with Gasteiger partial charge in [-0.05, 0) is 75.2 Å². The standard InChI is InChI=1S/C24H31N3S/c1-6-18(4)27(24(28)25-22-13-10-11-17(3)19(22)5)16-20-15-26(7-2)23-14-9-8-12-21(20)23/h8-15,18H,6-7,16H2,1-5H3,(H,25,28)/t18-/m1/s1. The van der Waals surface area contributed by atoms with Crippen molar-refractivity contribution < 1.29 is 0 Å². The van der Waals surface area contributed by atoms with E-state index in [0.29, 0.717) is 6.04 Å². The van der Waals surface area contributed by atoms with Crippen LogP contribution in [0.5, 0.6) is 0 Å². The van der Waals surface area contributed by atoms with Gasteiger partial charge in [0.2, 0.25) is 0 Å². The molecule has 1 atom stereocenters. The number of aryl methyl sites for hydroxylation is 2. The number of rotatable bonds is 6. The van der Waals surface area contributed by atoms with Crippen LogP contribution in [0.25, 0.3) is 10.9 Å². The Morgan fingerprint density at radius 3 is 2.57 bits per heavy atom. The van der Waals surface area contributed by atoms with E-state index < -0.39 is 0 Å². The highest BCUT2D eigenvalue weighted by Crippen LogP contribution is 2.25. The van der Waals surface area contributed by atoms with Gasteiger partial charge in [-0.1, -0.05) is 37.3 Å². The molecule has 1 heterocycles. The first kappa shape index (κ1) is 20.4. The number of nitrogens with zero attached hydrogens (tertiary/aromatic N) is 2. The van der Waals surface area contributed by atoms with E-state index in [0.717, 1.165) is 30.3 Å². The van der Waals surface area contributed by atoms with Crippen LogP contribution < -0.4 is 5.32 Å². The molecule has 0 amide bonds. The number of nitrogens with one attached hydrogen (secondary N) is 1. The van der Waals surface area contributed by atoms with Crippen LogP contribution in [0.1, 0.15) is 43.9 Å². The van der Waals surface area contributed by atoms with E-state index in [1.807, 2.05) is 0 Å². The number of anilines is 1. The van der Waals surface area contributed by atoms with Crippen molar-refractivity contribution in [1.29, 1.82) is 0 Å². The molecule has 0 radical (unpaired) electrons. The third kappa shape index (κ3) is 4.07. The van der Waals surface area contributed by atoms with E-state index in [9.17, 15) is 0 Å². The Labute approximate surface area is 174 Å². The Kier molecular flexibility index (Phi) is 6.40. The van der Waals surface area contributed by atoms with Crippen LogP contribution in [-0.2, 0) is 13.1 Å². The van der Waals surface area contributed by atoms with Crippen LogP contribution in [0, 0.1) is 13.8 Å². The normalized spacial score (nSPS) is 12.2. The fourth-order valence-electron chi connectivity index (χ4n) is 3.62. The Hall–Kier alpha value is -2.33. The highest BCUT2D eigenvalue weighted by atomic mass is 32.1. The molecule has 1 N–H and O–H groups in total. The van der Waals surface area contributed by atoms with Crippen molar-refractivity contribution in [3.8, 4) is 0 Å². The van der Waals surface area contributed by atoms with Crippen LogP contribution in [0.3, 0.4) is 0 Å². The lowest BCUT2D eigenvalue weighted by Crippen LogP contribution is -2.40. The molecule has 28 heavy (non-hydrogen) atoms. The first-order valence-electron chi connectivity index (χ1n) is 10.2. The average molecular weight is 394 g/mol. The molecule has 0 fully saturated rings. The molecule has 0 bridgehead atoms. The Morgan fingerprint density at radius 1 is 1.11 bits per heavy atom. The maximum absolute atomic E-state index is 5.87. The highest BCUT2D eigenvalue weighted by molar-refractivity contribution is 7.80. The van der Waals surface area contributed by atoms with Gasteiger partial charge in [0.1, 0.15) is 0 Å². The van der Waals surface area contributed by atoms with E-state index in [1.165, 1.54) is 27.6 Å². The molecule has 0 saturated heterocycles. The second kappa shape index (κ2) is 8.78. The summed E-state index contributed by atoms with van der Waals surface area (Å²) < 4.78 is 2.32. The SMILES string of the molecule is CC[C@@H](C)N(Cc1cn(CC)c2ccccc12)C(=S)Nc1cccc(C)c1C. The first-order chi connectivity index (χ1) is 13.5. The lowest BCUT2D eigenvalue weighted by molar-refractivity contribution is 0.320. The molecule has 3 nitrogen and oxygen atoms in total. The highest BCUT2D eigenvalue weighted by Gasteiger charge is 2.19. The molecule has 0 aliphatic rings. The summed E-state index contributed by atoms with van der Waals surface area (Å²) in [5.74, 6) is 0. The summed E-state index contributed by atoms with van der Waals surface area (Å²) in [5, 5.41) is 5.61. The molecule has 0 aliphatic heterocycles. The number of fused-ring (bicyclic) bond motifs is 1. The zero-order valence-corrected chi connectivity index (χ0v) is 18.4. The number of benzene rings is 2. The molecular weight excluding hydrogens is 362 g/mol. The molecule has 1 aromatic heterocycles. The minimum atomic E-state index is 0.355. The molecule has 148 valence electrons. The molecule has 4 heteroatoms. The first-order valence-corrected chi connectivity index (χ1v) is 10.6. The number of thiocarbonyl (C=S) groups is 1. The smallest absolute Gasteiger partial charge is 0.173 e. The minimum Gasteiger partial charge on any atom is -0.347 e. The maximum Gasteiger partial charge on any atom is 0.173 e. The Morgan fingerprint density at radius 2 is 1.86 bits per heavy atom. The minimum absolute atomic E-state index is 0.355. The molecule has 0 saturated carbocycles. The van der Waals surface area contributed by atoms with Gasteiger partial charge in [0.05, 0.1) is 0 Å². The molecule has 0 aliphatic carbocycles. The van der Waals surface area contributed by atoms with Crippen molar-refractivity contribution >= 4 is 33.9 Å². The van der Waals surface area contributed by atoms with Crippen molar-refractivity contribution in [2.24, 2.45) is 0 Å². The molecule has 3 aromatic rings. The summed E-state index contributed by atoms with van der Waals surface area (Å²) in [6.07, 6.45) is 3.32. The topological polar surface area (TPSA) is 20.2 Å². The van der Waals surface area contributed by atoms with Crippen LogP contribution in [0.2, 0.25) is 0 Å². The largest absolute Gasteiger partial charge is 0.347 e. The predicted molar refractivity (Wildman–Crippen MR) is 125 cm³/mol. The number of aromatic nitrogens is 1. The van der Waals surface area contributed by atoms with Crippen molar-refractivity contribution in [3.05, 3.63) is 65.4 Å². The summed E-state index contributed by atoms with van der Waals surface area (Å²) in [4.78, 5) is 2.32. The third-order valence-corrected chi connectivity index (χ3v) is 6.12. The van der Waals surface area contributed by atoms with E-state index in [4.69, 9.17) is 12.2 Å². The van der Waals surface area contributed by atoms with Gasteiger partial charge in [0.25, 0.3) is 0 Å². The van der Waals surface area contributed by atoms with E-state index >= 15 is 0 Å². The zero-order valence-electron chi connectivity index (χ0n) is 17.6. The van der Waals surface area contributed by atoms with Gasteiger partial charge < -0.3 is 14.8 Å². The Bertz CT molecular complexity index is 973. The van der Waals surface area contributed by atoms with Gasteiger partial charge in [-0.15, -0.1) is 0 Å². The third-order valence-electron chi connectivity index (χ3n) is 5.78. The van der Waals surface area contributed by atoms with Gasteiger partial charge in [0.15, 0.2) is 5.11 Å². The summed E-state index contributed by atoms with van der Waals surface area (Å²) in [5.41, 5.74) is 6.22. The molecule has 0 unspecified atom stereocenters. The van der Waals surface area contributed by atoms with Gasteiger partial charge in [-0.2, -0.15) is 0 Å². The molecular formula is C24H31N3S. The van der Waals surface area contributed by atoms with Crippen LogP contribution in [-0.4, -0.2) is 20.6 Å². The second-order valence-electron chi connectivity index (χ2n) is 7.52. The lowest BCUT2D eigenvalue weighted by atomic mass is 10.1.